The van der Waals surface area contributed by atoms with Crippen molar-refractivity contribution < 1.29 is 20.1 Å². The molecule has 0 heterocycles. The molecule has 0 spiro atoms. The highest BCUT2D eigenvalue weighted by molar-refractivity contribution is 5.64. The first-order valence-electron chi connectivity index (χ1n) is 3.95. The van der Waals surface area contributed by atoms with Crippen LogP contribution in [0.2, 0.25) is 0 Å². The molecule has 0 aromatic rings. The molecule has 1 rings (SSSR count). The van der Waals surface area contributed by atoms with Crippen molar-refractivity contribution in [3.8, 4) is 0 Å². The van der Waals surface area contributed by atoms with E-state index in [0.29, 0.717) is 19.3 Å². The van der Waals surface area contributed by atoms with Crippen LogP contribution in [-0.2, 0) is 0 Å². The van der Waals surface area contributed by atoms with Crippen molar-refractivity contribution in [3.63, 3.8) is 0 Å². The normalized spacial score (nSPS) is 36.0. The summed E-state index contributed by atoms with van der Waals surface area (Å²) in [6.45, 7) is 0. The zero-order valence-electron chi connectivity index (χ0n) is 6.60. The number of carboxylic acid groups (broad SMARTS) is 1. The van der Waals surface area contributed by atoms with Crippen molar-refractivity contribution in [1.82, 2.24) is 5.32 Å². The van der Waals surface area contributed by atoms with Crippen molar-refractivity contribution in [2.45, 2.75) is 37.5 Å². The van der Waals surface area contributed by atoms with Gasteiger partial charge in [-0.1, -0.05) is 0 Å². The van der Waals surface area contributed by atoms with E-state index >= 15 is 0 Å². The highest BCUT2D eigenvalue weighted by Gasteiger charge is 2.28. The lowest BCUT2D eigenvalue weighted by Crippen LogP contribution is -2.44. The van der Waals surface area contributed by atoms with Gasteiger partial charge in [-0.25, -0.2) is 4.79 Å². The summed E-state index contributed by atoms with van der Waals surface area (Å²) in [6.07, 6.45) is -1.24. The molecule has 0 aliphatic heterocycles. The van der Waals surface area contributed by atoms with E-state index in [1.54, 1.807) is 0 Å². The van der Waals surface area contributed by atoms with Gasteiger partial charge in [0.25, 0.3) is 0 Å². The summed E-state index contributed by atoms with van der Waals surface area (Å²) in [5.74, 6) is 0. The van der Waals surface area contributed by atoms with E-state index in [1.165, 1.54) is 0 Å². The van der Waals surface area contributed by atoms with E-state index in [-0.39, 0.29) is 6.04 Å². The molecule has 0 radical (unpaired) electrons. The molecular formula is C7H13NO4. The lowest BCUT2D eigenvalue weighted by atomic mass is 9.91. The Morgan fingerprint density at radius 1 is 1.25 bits per heavy atom. The Hall–Kier alpha value is -0.810. The second-order valence-corrected chi connectivity index (χ2v) is 3.09. The monoisotopic (exact) mass is 175 g/mol. The lowest BCUT2D eigenvalue weighted by Gasteiger charge is -2.29. The van der Waals surface area contributed by atoms with Gasteiger partial charge < -0.3 is 20.6 Å². The Morgan fingerprint density at radius 3 is 2.42 bits per heavy atom. The molecule has 1 fully saturated rings. The molecule has 1 amide bonds. The van der Waals surface area contributed by atoms with Crippen LogP contribution in [0.4, 0.5) is 4.79 Å². The molecule has 1 unspecified atom stereocenters. The third kappa shape index (κ3) is 2.35. The van der Waals surface area contributed by atoms with Crippen LogP contribution in [-0.4, -0.2) is 39.7 Å². The Labute approximate surface area is 70.0 Å². The lowest BCUT2D eigenvalue weighted by molar-refractivity contribution is -0.0174. The van der Waals surface area contributed by atoms with Crippen LogP contribution >= 0.6 is 0 Å². The Morgan fingerprint density at radius 2 is 1.92 bits per heavy atom. The topological polar surface area (TPSA) is 89.8 Å². The van der Waals surface area contributed by atoms with Crippen LogP contribution in [0.25, 0.3) is 0 Å². The molecule has 70 valence electrons. The molecule has 1 saturated carbocycles. The zero-order chi connectivity index (χ0) is 9.14. The first-order valence-corrected chi connectivity index (χ1v) is 3.95. The van der Waals surface area contributed by atoms with E-state index in [0.717, 1.165) is 0 Å². The molecule has 1 aliphatic rings. The van der Waals surface area contributed by atoms with Gasteiger partial charge in [0.05, 0.1) is 12.2 Å². The maximum Gasteiger partial charge on any atom is 0.404 e. The summed E-state index contributed by atoms with van der Waals surface area (Å²) in [6, 6.07) is -0.221. The Bertz CT molecular complexity index is 173. The van der Waals surface area contributed by atoms with Crippen LogP contribution in [0.1, 0.15) is 19.3 Å². The predicted molar refractivity (Wildman–Crippen MR) is 40.8 cm³/mol. The summed E-state index contributed by atoms with van der Waals surface area (Å²) >= 11 is 0. The number of rotatable bonds is 1. The zero-order valence-corrected chi connectivity index (χ0v) is 6.60. The molecule has 5 heteroatoms. The van der Waals surface area contributed by atoms with Crippen LogP contribution < -0.4 is 5.32 Å². The standard InChI is InChI=1S/C7H13NO4/c9-5-2-1-4(3-6(5)10)8-7(11)12/h4-6,8-10H,1-3H2,(H,11,12)/t4?,5-,6+/m0/s1. The van der Waals surface area contributed by atoms with Crippen molar-refractivity contribution in [1.29, 1.82) is 0 Å². The van der Waals surface area contributed by atoms with E-state index in [2.05, 4.69) is 5.32 Å². The summed E-state index contributed by atoms with van der Waals surface area (Å²) in [5.41, 5.74) is 0. The van der Waals surface area contributed by atoms with Crippen molar-refractivity contribution >= 4 is 6.09 Å². The summed E-state index contributed by atoms with van der Waals surface area (Å²) in [5, 5.41) is 28.9. The minimum atomic E-state index is -1.08. The summed E-state index contributed by atoms with van der Waals surface area (Å²) < 4.78 is 0. The molecule has 0 saturated heterocycles. The molecule has 1 aliphatic carbocycles. The van der Waals surface area contributed by atoms with Gasteiger partial charge in [0.1, 0.15) is 0 Å². The minimum Gasteiger partial charge on any atom is -0.465 e. The van der Waals surface area contributed by atoms with E-state index < -0.39 is 18.3 Å². The van der Waals surface area contributed by atoms with Gasteiger partial charge in [-0.15, -0.1) is 0 Å². The fourth-order valence-electron chi connectivity index (χ4n) is 1.44. The fourth-order valence-corrected chi connectivity index (χ4v) is 1.44. The van der Waals surface area contributed by atoms with Gasteiger partial charge in [-0.3, -0.25) is 0 Å². The number of nitrogens with one attached hydrogen (secondary N) is 1. The van der Waals surface area contributed by atoms with Gasteiger partial charge in [-0.05, 0) is 19.3 Å². The fraction of sp³-hybridized carbons (Fsp3) is 0.857. The highest BCUT2D eigenvalue weighted by Crippen LogP contribution is 2.18. The number of amides is 1. The largest absolute Gasteiger partial charge is 0.465 e. The van der Waals surface area contributed by atoms with Crippen LogP contribution in [0.5, 0.6) is 0 Å². The van der Waals surface area contributed by atoms with Gasteiger partial charge in [0.2, 0.25) is 0 Å². The van der Waals surface area contributed by atoms with Gasteiger partial charge in [-0.2, -0.15) is 0 Å². The number of hydrogen-bond acceptors (Lipinski definition) is 3. The molecule has 4 N–H and O–H groups in total. The number of aliphatic hydroxyl groups is 2. The van der Waals surface area contributed by atoms with Crippen LogP contribution in [0.15, 0.2) is 0 Å². The SMILES string of the molecule is O=C(O)NC1CC[C@H](O)[C@H](O)C1. The maximum absolute atomic E-state index is 10.2. The van der Waals surface area contributed by atoms with Crippen molar-refractivity contribution in [3.05, 3.63) is 0 Å². The van der Waals surface area contributed by atoms with Gasteiger partial charge >= 0.3 is 6.09 Å². The number of carbonyl (C=O) groups is 1. The van der Waals surface area contributed by atoms with E-state index in [9.17, 15) is 9.90 Å². The third-order valence-corrected chi connectivity index (χ3v) is 2.11. The van der Waals surface area contributed by atoms with Crippen LogP contribution in [0.3, 0.4) is 0 Å². The molecular weight excluding hydrogens is 162 g/mol. The Balaban J connectivity index is 2.35. The summed E-state index contributed by atoms with van der Waals surface area (Å²) in [7, 11) is 0. The molecule has 5 nitrogen and oxygen atoms in total. The number of hydrogen-bond donors (Lipinski definition) is 4. The second-order valence-electron chi connectivity index (χ2n) is 3.09. The molecule has 3 atom stereocenters. The average molecular weight is 175 g/mol. The molecule has 0 aromatic heterocycles. The third-order valence-electron chi connectivity index (χ3n) is 2.11. The molecule has 12 heavy (non-hydrogen) atoms. The molecule has 0 aromatic carbocycles. The quantitative estimate of drug-likeness (QED) is 0.433. The van der Waals surface area contributed by atoms with Crippen LogP contribution in [0, 0.1) is 0 Å². The maximum atomic E-state index is 10.2. The van der Waals surface area contributed by atoms with Gasteiger partial charge in [0.15, 0.2) is 0 Å². The predicted octanol–water partition coefficient (Wildman–Crippen LogP) is -0.472. The first kappa shape index (κ1) is 9.28. The molecule has 0 bridgehead atoms. The van der Waals surface area contributed by atoms with E-state index in [1.807, 2.05) is 0 Å². The minimum absolute atomic E-state index is 0.221. The van der Waals surface area contributed by atoms with Crippen molar-refractivity contribution in [2.24, 2.45) is 0 Å². The first-order chi connectivity index (χ1) is 5.59. The smallest absolute Gasteiger partial charge is 0.404 e. The highest BCUT2D eigenvalue weighted by atomic mass is 16.4. The van der Waals surface area contributed by atoms with E-state index in [4.69, 9.17) is 10.2 Å². The number of aliphatic hydroxyl groups excluding tert-OH is 2. The average Bonchev–Trinajstić information content (AvgIpc) is 1.96. The van der Waals surface area contributed by atoms with Gasteiger partial charge in [0, 0.05) is 6.04 Å². The Kier molecular flexibility index (Phi) is 2.88. The second kappa shape index (κ2) is 3.73. The van der Waals surface area contributed by atoms with Crippen molar-refractivity contribution in [2.75, 3.05) is 0 Å². The summed E-state index contributed by atoms with van der Waals surface area (Å²) in [4.78, 5) is 10.2.